The molecule has 0 bridgehead atoms. The van der Waals surface area contributed by atoms with Crippen molar-refractivity contribution in [1.82, 2.24) is 20.0 Å². The smallest absolute Gasteiger partial charge is 0.258 e. The SMILES string of the molecule is O=C(C1CC1)N1CCC(c2noc(-c3ccnc(Cl)c3)n2)CC1. The molecular weight excluding hydrogens is 316 g/mol. The highest BCUT2D eigenvalue weighted by atomic mass is 35.5. The number of amides is 1. The van der Waals surface area contributed by atoms with Crippen LogP contribution in [0.4, 0.5) is 0 Å². The van der Waals surface area contributed by atoms with Gasteiger partial charge >= 0.3 is 0 Å². The van der Waals surface area contributed by atoms with Crippen molar-refractivity contribution in [2.24, 2.45) is 5.92 Å². The van der Waals surface area contributed by atoms with E-state index >= 15 is 0 Å². The quantitative estimate of drug-likeness (QED) is 0.808. The van der Waals surface area contributed by atoms with Gasteiger partial charge in [0.2, 0.25) is 5.91 Å². The van der Waals surface area contributed by atoms with Crippen molar-refractivity contribution in [3.8, 4) is 11.5 Å². The molecule has 1 aliphatic carbocycles. The summed E-state index contributed by atoms with van der Waals surface area (Å²) in [5, 5.41) is 4.51. The van der Waals surface area contributed by atoms with Gasteiger partial charge < -0.3 is 9.42 Å². The molecule has 0 radical (unpaired) electrons. The number of nitrogens with zero attached hydrogens (tertiary/aromatic N) is 4. The summed E-state index contributed by atoms with van der Waals surface area (Å²) in [6.45, 7) is 1.57. The molecule has 2 aliphatic rings. The van der Waals surface area contributed by atoms with Crippen LogP contribution in [0.2, 0.25) is 5.15 Å². The van der Waals surface area contributed by atoms with Gasteiger partial charge in [-0.3, -0.25) is 4.79 Å². The normalized spacial score (nSPS) is 19.1. The van der Waals surface area contributed by atoms with Crippen LogP contribution in [-0.2, 0) is 4.79 Å². The third-order valence-corrected chi connectivity index (χ3v) is 4.72. The van der Waals surface area contributed by atoms with Crippen LogP contribution in [0.3, 0.4) is 0 Å². The second-order valence-corrected chi connectivity index (χ2v) is 6.59. The molecule has 1 amide bonds. The molecule has 1 aliphatic heterocycles. The molecule has 0 aromatic carbocycles. The minimum atomic E-state index is 0.244. The van der Waals surface area contributed by atoms with Gasteiger partial charge in [0.05, 0.1) is 0 Å². The summed E-state index contributed by atoms with van der Waals surface area (Å²) in [6, 6.07) is 3.50. The van der Waals surface area contributed by atoms with Crippen molar-refractivity contribution in [2.75, 3.05) is 13.1 Å². The van der Waals surface area contributed by atoms with Crippen LogP contribution < -0.4 is 0 Å². The number of aromatic nitrogens is 3. The minimum absolute atomic E-state index is 0.244. The second-order valence-electron chi connectivity index (χ2n) is 6.20. The summed E-state index contributed by atoms with van der Waals surface area (Å²) in [7, 11) is 0. The van der Waals surface area contributed by atoms with E-state index in [1.165, 1.54) is 0 Å². The van der Waals surface area contributed by atoms with E-state index < -0.39 is 0 Å². The fourth-order valence-electron chi connectivity index (χ4n) is 3.00. The number of halogens is 1. The number of pyridine rings is 1. The minimum Gasteiger partial charge on any atom is -0.342 e. The Hall–Kier alpha value is -1.95. The Balaban J connectivity index is 1.42. The number of rotatable bonds is 3. The van der Waals surface area contributed by atoms with Crippen LogP contribution in [0, 0.1) is 5.92 Å². The summed E-state index contributed by atoms with van der Waals surface area (Å²) < 4.78 is 5.35. The van der Waals surface area contributed by atoms with E-state index in [0.717, 1.165) is 44.3 Å². The van der Waals surface area contributed by atoms with E-state index in [9.17, 15) is 4.79 Å². The van der Waals surface area contributed by atoms with Gasteiger partial charge in [0.1, 0.15) is 5.15 Å². The fourth-order valence-corrected chi connectivity index (χ4v) is 3.17. The third-order valence-electron chi connectivity index (χ3n) is 4.51. The van der Waals surface area contributed by atoms with Gasteiger partial charge in [-0.1, -0.05) is 16.8 Å². The molecule has 2 aromatic heterocycles. The number of carbonyl (C=O) groups excluding carboxylic acids is 1. The molecule has 120 valence electrons. The Morgan fingerprint density at radius 1 is 1.26 bits per heavy atom. The van der Waals surface area contributed by atoms with E-state index in [4.69, 9.17) is 16.1 Å². The van der Waals surface area contributed by atoms with Crippen LogP contribution in [0.5, 0.6) is 0 Å². The monoisotopic (exact) mass is 332 g/mol. The molecule has 3 heterocycles. The maximum atomic E-state index is 12.1. The zero-order valence-electron chi connectivity index (χ0n) is 12.6. The highest BCUT2D eigenvalue weighted by molar-refractivity contribution is 6.29. The molecule has 6 nitrogen and oxygen atoms in total. The Morgan fingerprint density at radius 3 is 2.74 bits per heavy atom. The first kappa shape index (κ1) is 14.6. The Labute approximate surface area is 138 Å². The largest absolute Gasteiger partial charge is 0.342 e. The molecule has 1 saturated carbocycles. The maximum absolute atomic E-state index is 12.1. The molecule has 4 rings (SSSR count). The number of hydrogen-bond donors (Lipinski definition) is 0. The number of piperidine rings is 1. The number of hydrogen-bond acceptors (Lipinski definition) is 5. The zero-order valence-corrected chi connectivity index (χ0v) is 13.4. The molecule has 0 spiro atoms. The lowest BCUT2D eigenvalue weighted by atomic mass is 9.96. The first-order valence-corrected chi connectivity index (χ1v) is 8.33. The number of likely N-dealkylation sites (tertiary alicyclic amines) is 1. The summed E-state index contributed by atoms with van der Waals surface area (Å²) >= 11 is 5.89. The highest BCUT2D eigenvalue weighted by Gasteiger charge is 2.35. The van der Waals surface area contributed by atoms with Crippen LogP contribution in [-0.4, -0.2) is 39.0 Å². The van der Waals surface area contributed by atoms with E-state index in [-0.39, 0.29) is 5.92 Å². The molecule has 23 heavy (non-hydrogen) atoms. The van der Waals surface area contributed by atoms with E-state index in [2.05, 4.69) is 15.1 Å². The van der Waals surface area contributed by atoms with Gasteiger partial charge in [0.25, 0.3) is 5.89 Å². The Bertz CT molecular complexity index is 720. The van der Waals surface area contributed by atoms with Crippen LogP contribution >= 0.6 is 11.6 Å². The van der Waals surface area contributed by atoms with Gasteiger partial charge in [-0.05, 0) is 37.8 Å². The lowest BCUT2D eigenvalue weighted by molar-refractivity contribution is -0.133. The summed E-state index contributed by atoms with van der Waals surface area (Å²) in [4.78, 5) is 22.5. The summed E-state index contributed by atoms with van der Waals surface area (Å²) in [5.74, 6) is 2.03. The predicted octanol–water partition coefficient (Wildman–Crippen LogP) is 2.90. The van der Waals surface area contributed by atoms with Gasteiger partial charge in [-0.25, -0.2) is 4.98 Å². The topological polar surface area (TPSA) is 72.1 Å². The van der Waals surface area contributed by atoms with Crippen LogP contribution in [0.15, 0.2) is 22.9 Å². The highest BCUT2D eigenvalue weighted by Crippen LogP contribution is 2.34. The molecule has 0 atom stereocenters. The molecule has 0 N–H and O–H groups in total. The van der Waals surface area contributed by atoms with Gasteiger partial charge in [-0.15, -0.1) is 0 Å². The van der Waals surface area contributed by atoms with E-state index in [1.807, 2.05) is 4.90 Å². The van der Waals surface area contributed by atoms with Crippen molar-refractivity contribution < 1.29 is 9.32 Å². The summed E-state index contributed by atoms with van der Waals surface area (Å²) in [6.07, 6.45) is 5.50. The number of carbonyl (C=O) groups is 1. The molecule has 1 saturated heterocycles. The predicted molar refractivity (Wildman–Crippen MR) is 83.8 cm³/mol. The second kappa shape index (κ2) is 5.92. The molecular formula is C16H17ClN4O2. The van der Waals surface area contributed by atoms with Crippen molar-refractivity contribution >= 4 is 17.5 Å². The Morgan fingerprint density at radius 2 is 2.04 bits per heavy atom. The fraction of sp³-hybridized carbons (Fsp3) is 0.500. The van der Waals surface area contributed by atoms with E-state index in [0.29, 0.717) is 28.7 Å². The van der Waals surface area contributed by atoms with Crippen molar-refractivity contribution in [2.45, 2.75) is 31.6 Å². The average molecular weight is 333 g/mol. The molecule has 7 heteroatoms. The van der Waals surface area contributed by atoms with Crippen LogP contribution in [0.25, 0.3) is 11.5 Å². The standard InChI is InChI=1S/C16H17ClN4O2/c17-13-9-12(3-6-18-13)15-19-14(20-23-15)10-4-7-21(8-5-10)16(22)11-1-2-11/h3,6,9-11H,1-2,4-5,7-8H2. The first-order valence-electron chi connectivity index (χ1n) is 7.95. The lowest BCUT2D eigenvalue weighted by Gasteiger charge is -2.30. The Kier molecular flexibility index (Phi) is 3.77. The van der Waals surface area contributed by atoms with Gasteiger partial charge in [-0.2, -0.15) is 4.98 Å². The zero-order chi connectivity index (χ0) is 15.8. The average Bonchev–Trinajstić information content (AvgIpc) is 3.31. The van der Waals surface area contributed by atoms with Crippen molar-refractivity contribution in [3.63, 3.8) is 0 Å². The van der Waals surface area contributed by atoms with E-state index in [1.54, 1.807) is 18.3 Å². The van der Waals surface area contributed by atoms with Crippen molar-refractivity contribution in [3.05, 3.63) is 29.3 Å². The molecule has 2 fully saturated rings. The maximum Gasteiger partial charge on any atom is 0.258 e. The first-order chi connectivity index (χ1) is 11.2. The molecule has 2 aromatic rings. The van der Waals surface area contributed by atoms with Gasteiger partial charge in [0.15, 0.2) is 5.82 Å². The summed E-state index contributed by atoms with van der Waals surface area (Å²) in [5.41, 5.74) is 0.769. The van der Waals surface area contributed by atoms with Crippen LogP contribution in [0.1, 0.15) is 37.4 Å². The molecule has 0 unspecified atom stereocenters. The van der Waals surface area contributed by atoms with Crippen molar-refractivity contribution in [1.29, 1.82) is 0 Å². The lowest BCUT2D eigenvalue weighted by Crippen LogP contribution is -2.38. The third kappa shape index (κ3) is 3.08. The van der Waals surface area contributed by atoms with Gasteiger partial charge in [0, 0.05) is 36.7 Å².